The average Bonchev–Trinajstić information content (AvgIpc) is 2.89. The van der Waals surface area contributed by atoms with Gasteiger partial charge in [-0.25, -0.2) is 4.98 Å². The van der Waals surface area contributed by atoms with Crippen molar-refractivity contribution in [3.63, 3.8) is 0 Å². The normalized spacial score (nSPS) is 13.3. The van der Waals surface area contributed by atoms with Crippen molar-refractivity contribution in [1.29, 1.82) is 0 Å². The van der Waals surface area contributed by atoms with Crippen LogP contribution in [0, 0.1) is 6.92 Å². The highest BCUT2D eigenvalue weighted by Crippen LogP contribution is 2.29. The average molecular weight is 304 g/mol. The number of fused-ring (bicyclic) bond motifs is 1. The second kappa shape index (κ2) is 5.57. The molecule has 0 fully saturated rings. The van der Waals surface area contributed by atoms with Crippen molar-refractivity contribution in [2.24, 2.45) is 0 Å². The van der Waals surface area contributed by atoms with E-state index < -0.39 is 0 Å². The minimum Gasteiger partial charge on any atom is -0.482 e. The van der Waals surface area contributed by atoms with Gasteiger partial charge >= 0.3 is 0 Å². The molecule has 1 aromatic carbocycles. The summed E-state index contributed by atoms with van der Waals surface area (Å²) in [5.74, 6) is 1.22. The topological polar surface area (TPSA) is 97.0 Å². The maximum absolute atomic E-state index is 12.2. The summed E-state index contributed by atoms with van der Waals surface area (Å²) in [4.78, 5) is 27.6. The van der Waals surface area contributed by atoms with Crippen LogP contribution in [-0.4, -0.2) is 39.2 Å². The Kier molecular flexibility index (Phi) is 3.61. The number of nitrogens with zero attached hydrogens (tertiary/aromatic N) is 2. The van der Waals surface area contributed by atoms with Crippen molar-refractivity contribution in [2.45, 2.75) is 12.1 Å². The van der Waals surface area contributed by atoms with Crippen LogP contribution in [0.1, 0.15) is 16.2 Å². The van der Waals surface area contributed by atoms with Crippen LogP contribution in [0.25, 0.3) is 0 Å². The third kappa shape index (κ3) is 3.05. The lowest BCUT2D eigenvalue weighted by molar-refractivity contribution is -0.118. The van der Waals surface area contributed by atoms with Gasteiger partial charge in [-0.15, -0.1) is 5.10 Å². The molecule has 0 saturated heterocycles. The first-order chi connectivity index (χ1) is 10.1. The fourth-order valence-corrected chi connectivity index (χ4v) is 2.60. The molecule has 2 aromatic rings. The van der Waals surface area contributed by atoms with Gasteiger partial charge in [0.25, 0.3) is 5.91 Å². The van der Waals surface area contributed by atoms with Crippen LogP contribution in [0.2, 0.25) is 0 Å². The molecular weight excluding hydrogens is 292 g/mol. The number of carbonyl (C=O) groups is 2. The second-order valence-electron chi connectivity index (χ2n) is 4.46. The number of ketones is 1. The number of aromatic amines is 1. The van der Waals surface area contributed by atoms with E-state index in [2.05, 4.69) is 20.5 Å². The molecule has 108 valence electrons. The van der Waals surface area contributed by atoms with E-state index in [1.54, 1.807) is 25.1 Å². The minimum atomic E-state index is -0.224. The van der Waals surface area contributed by atoms with Crippen molar-refractivity contribution >= 4 is 29.1 Å². The third-order valence-electron chi connectivity index (χ3n) is 2.84. The number of H-pyrrole nitrogens is 1. The van der Waals surface area contributed by atoms with E-state index in [1.807, 2.05) is 0 Å². The van der Waals surface area contributed by atoms with E-state index in [9.17, 15) is 9.59 Å². The number of aryl methyl sites for hydroxylation is 1. The molecule has 2 N–H and O–H groups in total. The Morgan fingerprint density at radius 3 is 3.10 bits per heavy atom. The number of nitrogens with one attached hydrogen (secondary N) is 2. The molecule has 1 aliphatic rings. The lowest BCUT2D eigenvalue weighted by Gasteiger charge is -2.18. The van der Waals surface area contributed by atoms with Gasteiger partial charge < -0.3 is 10.1 Å². The van der Waals surface area contributed by atoms with Gasteiger partial charge in [0.1, 0.15) is 11.6 Å². The zero-order valence-corrected chi connectivity index (χ0v) is 12.0. The van der Waals surface area contributed by atoms with E-state index in [1.165, 1.54) is 11.8 Å². The number of hydrogen-bond donors (Lipinski definition) is 2. The Labute approximate surface area is 124 Å². The maximum atomic E-state index is 12.2. The quantitative estimate of drug-likeness (QED) is 0.655. The smallest absolute Gasteiger partial charge is 0.262 e. The molecule has 1 aliphatic heterocycles. The molecule has 21 heavy (non-hydrogen) atoms. The predicted octanol–water partition coefficient (Wildman–Crippen LogP) is 1.42. The monoisotopic (exact) mass is 304 g/mol. The van der Waals surface area contributed by atoms with Crippen molar-refractivity contribution < 1.29 is 14.3 Å². The van der Waals surface area contributed by atoms with E-state index in [0.717, 1.165) is 0 Å². The Hall–Kier alpha value is -2.35. The highest BCUT2D eigenvalue weighted by Gasteiger charge is 2.18. The van der Waals surface area contributed by atoms with Crippen LogP contribution in [-0.2, 0) is 4.79 Å². The van der Waals surface area contributed by atoms with Crippen LogP contribution in [0.4, 0.5) is 5.69 Å². The molecular formula is C13H12N4O3S. The van der Waals surface area contributed by atoms with Crippen LogP contribution in [0.15, 0.2) is 23.4 Å². The molecule has 1 aromatic heterocycles. The van der Waals surface area contributed by atoms with Gasteiger partial charge in [-0.3, -0.25) is 14.7 Å². The van der Waals surface area contributed by atoms with Gasteiger partial charge in [0.05, 0.1) is 11.4 Å². The predicted molar refractivity (Wildman–Crippen MR) is 76.7 cm³/mol. The first kappa shape index (κ1) is 13.6. The number of aromatic nitrogens is 3. The van der Waals surface area contributed by atoms with Gasteiger partial charge in [-0.05, 0) is 25.1 Å². The summed E-state index contributed by atoms with van der Waals surface area (Å²) in [6, 6.07) is 4.99. The van der Waals surface area contributed by atoms with E-state index in [0.29, 0.717) is 28.0 Å². The standard InChI is InChI=1S/C13H12N4O3S/c1-7-14-13(17-16-7)21-6-10(18)8-2-3-11-9(4-8)15-12(19)5-20-11/h2-4H,5-6H2,1H3,(H,15,19)(H,14,16,17). The summed E-state index contributed by atoms with van der Waals surface area (Å²) in [7, 11) is 0. The summed E-state index contributed by atoms with van der Waals surface area (Å²) >= 11 is 1.26. The molecule has 3 rings (SSSR count). The molecule has 0 spiro atoms. The van der Waals surface area contributed by atoms with Crippen molar-refractivity contribution in [3.05, 3.63) is 29.6 Å². The molecule has 1 amide bonds. The number of rotatable bonds is 4. The largest absolute Gasteiger partial charge is 0.482 e. The Morgan fingerprint density at radius 1 is 1.48 bits per heavy atom. The van der Waals surface area contributed by atoms with Crippen LogP contribution < -0.4 is 10.1 Å². The van der Waals surface area contributed by atoms with E-state index in [4.69, 9.17) is 4.74 Å². The molecule has 2 heterocycles. The van der Waals surface area contributed by atoms with Crippen LogP contribution in [0.3, 0.4) is 0 Å². The highest BCUT2D eigenvalue weighted by molar-refractivity contribution is 7.99. The van der Waals surface area contributed by atoms with Gasteiger partial charge in [-0.1, -0.05) is 11.8 Å². The molecule has 0 saturated carbocycles. The highest BCUT2D eigenvalue weighted by atomic mass is 32.2. The van der Waals surface area contributed by atoms with Gasteiger partial charge in [0.15, 0.2) is 12.4 Å². The van der Waals surface area contributed by atoms with Crippen molar-refractivity contribution in [1.82, 2.24) is 15.2 Å². The molecule has 7 nitrogen and oxygen atoms in total. The molecule has 0 bridgehead atoms. The maximum Gasteiger partial charge on any atom is 0.262 e. The van der Waals surface area contributed by atoms with Crippen LogP contribution in [0.5, 0.6) is 5.75 Å². The van der Waals surface area contributed by atoms with Crippen molar-refractivity contribution in [3.8, 4) is 5.75 Å². The molecule has 0 radical (unpaired) electrons. The second-order valence-corrected chi connectivity index (χ2v) is 5.41. The Bertz CT molecular complexity index is 713. The summed E-state index contributed by atoms with van der Waals surface area (Å²) in [5.41, 5.74) is 1.04. The number of Topliss-reactive ketones (excluding diaryl/α,β-unsaturated/α-hetero) is 1. The minimum absolute atomic E-state index is 0.000322. The Morgan fingerprint density at radius 2 is 2.33 bits per heavy atom. The number of ether oxygens (including phenoxy) is 1. The molecule has 0 aliphatic carbocycles. The lowest BCUT2D eigenvalue weighted by atomic mass is 10.1. The zero-order valence-electron chi connectivity index (χ0n) is 11.2. The zero-order chi connectivity index (χ0) is 14.8. The summed E-state index contributed by atoms with van der Waals surface area (Å²) in [6.07, 6.45) is 0. The molecule has 0 unspecified atom stereocenters. The molecule has 0 atom stereocenters. The number of carbonyl (C=O) groups excluding carboxylic acids is 2. The first-order valence-corrected chi connectivity index (χ1v) is 7.22. The van der Waals surface area contributed by atoms with Gasteiger partial charge in [-0.2, -0.15) is 0 Å². The molecule has 8 heteroatoms. The number of amides is 1. The first-order valence-electron chi connectivity index (χ1n) is 6.23. The third-order valence-corrected chi connectivity index (χ3v) is 3.69. The summed E-state index contributed by atoms with van der Waals surface area (Å²) in [6.45, 7) is 1.80. The summed E-state index contributed by atoms with van der Waals surface area (Å²) in [5, 5.41) is 9.90. The number of hydrogen-bond acceptors (Lipinski definition) is 6. The number of thioether (sulfide) groups is 1. The number of anilines is 1. The van der Waals surface area contributed by atoms with E-state index in [-0.39, 0.29) is 24.1 Å². The van der Waals surface area contributed by atoms with Gasteiger partial charge in [0.2, 0.25) is 5.16 Å². The van der Waals surface area contributed by atoms with Crippen LogP contribution >= 0.6 is 11.8 Å². The van der Waals surface area contributed by atoms with Gasteiger partial charge in [0, 0.05) is 5.56 Å². The SMILES string of the molecule is Cc1nc(SCC(=O)c2ccc3c(c2)NC(=O)CO3)n[nH]1. The fourth-order valence-electron chi connectivity index (χ4n) is 1.86. The Balaban J connectivity index is 1.70. The van der Waals surface area contributed by atoms with Crippen molar-refractivity contribution in [2.75, 3.05) is 17.7 Å². The number of benzene rings is 1. The lowest BCUT2D eigenvalue weighted by Crippen LogP contribution is -2.25. The van der Waals surface area contributed by atoms with E-state index >= 15 is 0 Å². The summed E-state index contributed by atoms with van der Waals surface area (Å²) < 4.78 is 5.25. The fraction of sp³-hybridized carbons (Fsp3) is 0.231.